The Balaban J connectivity index is 2.33. The summed E-state index contributed by atoms with van der Waals surface area (Å²) in [5.74, 6) is 0. The van der Waals surface area contributed by atoms with Gasteiger partial charge in [0.25, 0.3) is 0 Å². The minimum Gasteiger partial charge on any atom is -0.328 e. The van der Waals surface area contributed by atoms with Crippen LogP contribution in [0.25, 0.3) is 11.2 Å². The summed E-state index contributed by atoms with van der Waals surface area (Å²) >= 11 is 5.54. The van der Waals surface area contributed by atoms with Crippen molar-refractivity contribution in [2.75, 3.05) is 0 Å². The van der Waals surface area contributed by atoms with Crippen molar-refractivity contribution in [2.45, 2.75) is 73.4 Å². The molecule has 0 spiro atoms. The van der Waals surface area contributed by atoms with E-state index in [2.05, 4.69) is 47.0 Å². The molecule has 2 aromatic heterocycles. The third kappa shape index (κ3) is 3.39. The van der Waals surface area contributed by atoms with Crippen molar-refractivity contribution in [3.05, 3.63) is 10.5 Å². The van der Waals surface area contributed by atoms with E-state index in [1.54, 1.807) is 0 Å². The normalized spacial score (nSPS) is 12.4. The molecule has 2 heterocycles. The second-order valence-corrected chi connectivity index (χ2v) is 7.12. The highest BCUT2D eigenvalue weighted by atomic mass is 32.1. The predicted octanol–water partition coefficient (Wildman–Crippen LogP) is 4.83. The number of hydrogen-bond donors (Lipinski definition) is 1. The molecule has 0 saturated heterocycles. The highest BCUT2D eigenvalue weighted by molar-refractivity contribution is 7.71. The lowest BCUT2D eigenvalue weighted by Crippen LogP contribution is -2.21. The third-order valence-corrected chi connectivity index (χ3v) is 4.50. The Labute approximate surface area is 132 Å². The van der Waals surface area contributed by atoms with Crippen molar-refractivity contribution in [2.24, 2.45) is 5.41 Å². The van der Waals surface area contributed by atoms with E-state index in [1.165, 1.54) is 25.7 Å². The molecular weight excluding hydrogens is 280 g/mol. The first-order chi connectivity index (χ1) is 9.89. The standard InChI is InChI=1S/C16H28N4S/c1-6-8-9-10-16(4,5)11-19-14-13(17-15(19)21)12(3)18-20(14)7-2/h6-11H2,1-5H3,(H,17,21). The SMILES string of the molecule is CCCCCC(C)(C)Cn1c(=S)[nH]c2c(C)nn(CC)c21. The fourth-order valence-corrected chi connectivity index (χ4v) is 3.24. The van der Waals surface area contributed by atoms with Gasteiger partial charge in [-0.2, -0.15) is 5.10 Å². The van der Waals surface area contributed by atoms with Gasteiger partial charge < -0.3 is 9.55 Å². The van der Waals surface area contributed by atoms with Crippen LogP contribution in [0.15, 0.2) is 0 Å². The zero-order valence-corrected chi connectivity index (χ0v) is 14.8. The Morgan fingerprint density at radius 3 is 2.57 bits per heavy atom. The van der Waals surface area contributed by atoms with Crippen LogP contribution < -0.4 is 0 Å². The zero-order chi connectivity index (χ0) is 15.6. The molecule has 0 amide bonds. The number of imidazole rings is 1. The van der Waals surface area contributed by atoms with Crippen LogP contribution in [0.4, 0.5) is 0 Å². The number of aromatic amines is 1. The predicted molar refractivity (Wildman–Crippen MR) is 91.2 cm³/mol. The maximum Gasteiger partial charge on any atom is 0.179 e. The maximum atomic E-state index is 5.54. The van der Waals surface area contributed by atoms with Gasteiger partial charge in [-0.15, -0.1) is 0 Å². The lowest BCUT2D eigenvalue weighted by molar-refractivity contribution is 0.272. The molecule has 1 N–H and O–H groups in total. The van der Waals surface area contributed by atoms with E-state index in [-0.39, 0.29) is 5.41 Å². The van der Waals surface area contributed by atoms with Crippen molar-refractivity contribution in [1.29, 1.82) is 0 Å². The van der Waals surface area contributed by atoms with Gasteiger partial charge in [0.1, 0.15) is 5.52 Å². The van der Waals surface area contributed by atoms with Crippen LogP contribution in [0.1, 0.15) is 59.1 Å². The van der Waals surface area contributed by atoms with Crippen molar-refractivity contribution in [3.8, 4) is 0 Å². The molecule has 0 aliphatic rings. The van der Waals surface area contributed by atoms with Gasteiger partial charge in [0.2, 0.25) is 0 Å². The molecule has 118 valence electrons. The number of aryl methyl sites for hydroxylation is 2. The van der Waals surface area contributed by atoms with Crippen molar-refractivity contribution in [1.82, 2.24) is 19.3 Å². The van der Waals surface area contributed by atoms with Crippen molar-refractivity contribution in [3.63, 3.8) is 0 Å². The first-order valence-electron chi connectivity index (χ1n) is 8.05. The summed E-state index contributed by atoms with van der Waals surface area (Å²) < 4.78 is 5.11. The molecule has 5 heteroatoms. The summed E-state index contributed by atoms with van der Waals surface area (Å²) in [5.41, 5.74) is 3.51. The third-order valence-electron chi connectivity index (χ3n) is 4.18. The van der Waals surface area contributed by atoms with Gasteiger partial charge in [0.15, 0.2) is 10.4 Å². The molecular formula is C16H28N4S. The molecule has 0 fully saturated rings. The topological polar surface area (TPSA) is 38.5 Å². The lowest BCUT2D eigenvalue weighted by atomic mass is 9.87. The van der Waals surface area contributed by atoms with Gasteiger partial charge in [-0.3, -0.25) is 0 Å². The summed E-state index contributed by atoms with van der Waals surface area (Å²) in [6.07, 6.45) is 5.10. The molecule has 0 atom stereocenters. The number of aromatic nitrogens is 4. The summed E-state index contributed by atoms with van der Waals surface area (Å²) in [7, 11) is 0. The Morgan fingerprint density at radius 2 is 1.95 bits per heavy atom. The number of hydrogen-bond acceptors (Lipinski definition) is 2. The molecule has 0 aliphatic carbocycles. The molecule has 4 nitrogen and oxygen atoms in total. The summed E-state index contributed by atoms with van der Waals surface area (Å²) in [6, 6.07) is 0. The largest absolute Gasteiger partial charge is 0.328 e. The van der Waals surface area contributed by atoms with Gasteiger partial charge >= 0.3 is 0 Å². The summed E-state index contributed by atoms with van der Waals surface area (Å²) in [6.45, 7) is 12.9. The molecule has 0 aliphatic heterocycles. The molecule has 0 aromatic carbocycles. The number of nitrogens with zero attached hydrogens (tertiary/aromatic N) is 3. The van der Waals surface area contributed by atoms with Crippen LogP contribution in [-0.4, -0.2) is 19.3 Å². The van der Waals surface area contributed by atoms with Crippen LogP contribution in [0, 0.1) is 17.1 Å². The van der Waals surface area contributed by atoms with Crippen LogP contribution in [-0.2, 0) is 13.1 Å². The van der Waals surface area contributed by atoms with Crippen LogP contribution in [0.2, 0.25) is 0 Å². The van der Waals surface area contributed by atoms with Gasteiger partial charge in [0, 0.05) is 13.1 Å². The van der Waals surface area contributed by atoms with E-state index in [0.29, 0.717) is 0 Å². The highest BCUT2D eigenvalue weighted by Crippen LogP contribution is 2.28. The molecule has 0 saturated carbocycles. The first kappa shape index (κ1) is 16.3. The summed E-state index contributed by atoms with van der Waals surface area (Å²) in [5, 5.41) is 4.59. The average Bonchev–Trinajstić information content (AvgIpc) is 2.89. The van der Waals surface area contributed by atoms with Crippen LogP contribution >= 0.6 is 12.2 Å². The number of nitrogens with one attached hydrogen (secondary N) is 1. The fourth-order valence-electron chi connectivity index (χ4n) is 2.99. The minimum atomic E-state index is 0.249. The van der Waals surface area contributed by atoms with Gasteiger partial charge in [-0.1, -0.05) is 40.0 Å². The second-order valence-electron chi connectivity index (χ2n) is 6.74. The fraction of sp³-hybridized carbons (Fsp3) is 0.750. The Bertz CT molecular complexity index is 660. The highest BCUT2D eigenvalue weighted by Gasteiger charge is 2.22. The molecule has 2 rings (SSSR count). The first-order valence-corrected chi connectivity index (χ1v) is 8.46. The summed E-state index contributed by atoms with van der Waals surface area (Å²) in [4.78, 5) is 3.33. The van der Waals surface area contributed by atoms with Crippen molar-refractivity contribution >= 4 is 23.4 Å². The van der Waals surface area contributed by atoms with E-state index in [4.69, 9.17) is 12.2 Å². The van der Waals surface area contributed by atoms with Gasteiger partial charge in [-0.25, -0.2) is 4.68 Å². The van der Waals surface area contributed by atoms with E-state index < -0.39 is 0 Å². The van der Waals surface area contributed by atoms with E-state index in [1.807, 2.05) is 6.92 Å². The van der Waals surface area contributed by atoms with Crippen LogP contribution in [0.3, 0.4) is 0 Å². The number of fused-ring (bicyclic) bond motifs is 1. The number of H-pyrrole nitrogens is 1. The molecule has 0 unspecified atom stereocenters. The van der Waals surface area contributed by atoms with Crippen molar-refractivity contribution < 1.29 is 0 Å². The van der Waals surface area contributed by atoms with Gasteiger partial charge in [-0.05, 0) is 37.9 Å². The minimum absolute atomic E-state index is 0.249. The number of rotatable bonds is 7. The Hall–Kier alpha value is -1.10. The van der Waals surface area contributed by atoms with Crippen LogP contribution in [0.5, 0.6) is 0 Å². The van der Waals surface area contributed by atoms with E-state index >= 15 is 0 Å². The Kier molecular flexibility index (Phi) is 4.91. The smallest absolute Gasteiger partial charge is 0.179 e. The average molecular weight is 308 g/mol. The maximum absolute atomic E-state index is 5.54. The quantitative estimate of drug-likeness (QED) is 0.587. The van der Waals surface area contributed by atoms with E-state index in [9.17, 15) is 0 Å². The van der Waals surface area contributed by atoms with E-state index in [0.717, 1.165) is 34.7 Å². The number of unbranched alkanes of at least 4 members (excludes halogenated alkanes) is 2. The second kappa shape index (κ2) is 6.34. The molecule has 0 bridgehead atoms. The molecule has 0 radical (unpaired) electrons. The molecule has 2 aromatic rings. The monoisotopic (exact) mass is 308 g/mol. The van der Waals surface area contributed by atoms with Gasteiger partial charge in [0.05, 0.1) is 5.69 Å². The molecule has 21 heavy (non-hydrogen) atoms. The zero-order valence-electron chi connectivity index (χ0n) is 14.0. The Morgan fingerprint density at radius 1 is 1.24 bits per heavy atom. The lowest BCUT2D eigenvalue weighted by Gasteiger charge is -2.25.